The molecule has 2 aliphatic rings. The summed E-state index contributed by atoms with van der Waals surface area (Å²) in [6, 6.07) is 0. The van der Waals surface area contributed by atoms with Crippen molar-refractivity contribution in [2.75, 3.05) is 13.2 Å². The van der Waals surface area contributed by atoms with E-state index in [0.717, 1.165) is 19.6 Å². The van der Waals surface area contributed by atoms with Gasteiger partial charge in [0.1, 0.15) is 0 Å². The maximum atomic E-state index is 13.8. The largest absolute Gasteiger partial charge is 0.381 e. The van der Waals surface area contributed by atoms with E-state index in [4.69, 9.17) is 4.74 Å². The zero-order chi connectivity index (χ0) is 12.7. The zero-order valence-corrected chi connectivity index (χ0v) is 11.2. The standard InChI is InChI=1S/C14H24F2O/c1-12(2,3)14(15,16)7-4-6-13-8-5-11(13)9-17-10-13/h11H,4-10H2,1-3H3. The number of alkyl halides is 2. The van der Waals surface area contributed by atoms with E-state index in [2.05, 4.69) is 0 Å². The fourth-order valence-corrected chi connectivity index (χ4v) is 3.05. The van der Waals surface area contributed by atoms with Crippen molar-refractivity contribution in [3.05, 3.63) is 0 Å². The number of hydrogen-bond donors (Lipinski definition) is 0. The molecular formula is C14H24F2O. The Kier molecular flexibility index (Phi) is 3.26. The molecule has 1 aliphatic heterocycles. The molecule has 1 saturated carbocycles. The van der Waals surface area contributed by atoms with Gasteiger partial charge in [-0.1, -0.05) is 20.8 Å². The van der Waals surface area contributed by atoms with Crippen LogP contribution in [0.15, 0.2) is 0 Å². The minimum atomic E-state index is -2.55. The first-order chi connectivity index (χ1) is 7.77. The number of rotatable bonds is 4. The number of fused-ring (bicyclic) bond motifs is 1. The predicted molar refractivity (Wildman–Crippen MR) is 64.2 cm³/mol. The van der Waals surface area contributed by atoms with Crippen molar-refractivity contribution in [3.63, 3.8) is 0 Å². The van der Waals surface area contributed by atoms with Gasteiger partial charge in [0, 0.05) is 11.8 Å². The average molecular weight is 246 g/mol. The van der Waals surface area contributed by atoms with Gasteiger partial charge in [0.25, 0.3) is 5.92 Å². The second-order valence-corrected chi connectivity index (χ2v) is 6.92. The van der Waals surface area contributed by atoms with Crippen LogP contribution in [0.5, 0.6) is 0 Å². The van der Waals surface area contributed by atoms with Gasteiger partial charge in [-0.2, -0.15) is 0 Å². The van der Waals surface area contributed by atoms with Crippen LogP contribution in [-0.2, 0) is 4.74 Å². The minimum Gasteiger partial charge on any atom is -0.381 e. The lowest BCUT2D eigenvalue weighted by Gasteiger charge is -2.44. The van der Waals surface area contributed by atoms with Crippen LogP contribution in [0.25, 0.3) is 0 Å². The molecule has 1 heterocycles. The normalized spacial score (nSPS) is 33.4. The Hall–Kier alpha value is -0.180. The smallest absolute Gasteiger partial charge is 0.252 e. The molecule has 0 aromatic rings. The first kappa shape index (κ1) is 13.3. The number of hydrogen-bond acceptors (Lipinski definition) is 1. The monoisotopic (exact) mass is 246 g/mol. The average Bonchev–Trinajstić information content (AvgIpc) is 2.43. The molecule has 17 heavy (non-hydrogen) atoms. The molecule has 1 nitrogen and oxygen atoms in total. The second kappa shape index (κ2) is 4.18. The maximum absolute atomic E-state index is 13.8. The van der Waals surface area contributed by atoms with Gasteiger partial charge in [-0.25, -0.2) is 8.78 Å². The Balaban J connectivity index is 1.80. The van der Waals surface area contributed by atoms with E-state index in [-0.39, 0.29) is 11.8 Å². The Morgan fingerprint density at radius 2 is 2.00 bits per heavy atom. The molecule has 0 spiro atoms. The summed E-state index contributed by atoms with van der Waals surface area (Å²) in [5.41, 5.74) is -0.649. The highest BCUT2D eigenvalue weighted by Gasteiger charge is 2.51. The molecule has 0 aromatic heterocycles. The fraction of sp³-hybridized carbons (Fsp3) is 1.00. The van der Waals surface area contributed by atoms with E-state index < -0.39 is 11.3 Å². The Morgan fingerprint density at radius 3 is 2.47 bits per heavy atom. The van der Waals surface area contributed by atoms with Gasteiger partial charge < -0.3 is 4.74 Å². The van der Waals surface area contributed by atoms with Gasteiger partial charge in [0.05, 0.1) is 13.2 Å². The lowest BCUT2D eigenvalue weighted by Crippen LogP contribution is -2.40. The van der Waals surface area contributed by atoms with Crippen molar-refractivity contribution < 1.29 is 13.5 Å². The first-order valence-electron chi connectivity index (χ1n) is 6.72. The molecule has 0 radical (unpaired) electrons. The van der Waals surface area contributed by atoms with Gasteiger partial charge in [0.15, 0.2) is 0 Å². The highest BCUT2D eigenvalue weighted by atomic mass is 19.3. The highest BCUT2D eigenvalue weighted by molar-refractivity contribution is 4.99. The maximum Gasteiger partial charge on any atom is 0.252 e. The molecule has 0 bridgehead atoms. The quantitative estimate of drug-likeness (QED) is 0.720. The fourth-order valence-electron chi connectivity index (χ4n) is 3.05. The molecule has 2 rings (SSSR count). The summed E-state index contributed by atoms with van der Waals surface area (Å²) in [4.78, 5) is 0. The third-order valence-electron chi connectivity index (χ3n) is 4.83. The van der Waals surface area contributed by atoms with Crippen LogP contribution < -0.4 is 0 Å². The lowest BCUT2D eigenvalue weighted by atomic mass is 9.60. The van der Waals surface area contributed by atoms with Crippen molar-refractivity contribution in [3.8, 4) is 0 Å². The van der Waals surface area contributed by atoms with E-state index in [9.17, 15) is 8.78 Å². The van der Waals surface area contributed by atoms with Crippen molar-refractivity contribution in [2.45, 2.75) is 58.8 Å². The third-order valence-corrected chi connectivity index (χ3v) is 4.83. The Labute approximate surface area is 103 Å². The van der Waals surface area contributed by atoms with E-state index >= 15 is 0 Å². The van der Waals surface area contributed by atoms with Crippen LogP contribution in [0.4, 0.5) is 8.78 Å². The molecule has 100 valence electrons. The van der Waals surface area contributed by atoms with Crippen molar-refractivity contribution >= 4 is 0 Å². The summed E-state index contributed by atoms with van der Waals surface area (Å²) in [6.45, 7) is 6.52. The summed E-state index contributed by atoms with van der Waals surface area (Å²) in [7, 11) is 0. The molecule has 2 atom stereocenters. The van der Waals surface area contributed by atoms with Gasteiger partial charge >= 0.3 is 0 Å². The summed E-state index contributed by atoms with van der Waals surface area (Å²) in [6.07, 6.45) is 3.98. The Bertz CT molecular complexity index is 280. The van der Waals surface area contributed by atoms with Crippen molar-refractivity contribution in [1.82, 2.24) is 0 Å². The van der Waals surface area contributed by atoms with Crippen LogP contribution >= 0.6 is 0 Å². The molecular weight excluding hydrogens is 222 g/mol. The SMILES string of the molecule is CC(C)(C)C(F)(F)CCCC12CCC1COC2. The number of ether oxygens (including phenoxy) is 1. The first-order valence-corrected chi connectivity index (χ1v) is 6.72. The van der Waals surface area contributed by atoms with E-state index in [1.54, 1.807) is 20.8 Å². The van der Waals surface area contributed by atoms with Crippen molar-refractivity contribution in [1.29, 1.82) is 0 Å². The van der Waals surface area contributed by atoms with E-state index in [1.165, 1.54) is 12.8 Å². The van der Waals surface area contributed by atoms with Gasteiger partial charge in [-0.3, -0.25) is 0 Å². The van der Waals surface area contributed by atoms with Crippen LogP contribution in [0.1, 0.15) is 52.9 Å². The molecule has 0 amide bonds. The topological polar surface area (TPSA) is 9.23 Å². The lowest BCUT2D eigenvalue weighted by molar-refractivity contribution is -0.107. The summed E-state index contributed by atoms with van der Waals surface area (Å²) in [5, 5.41) is 0. The summed E-state index contributed by atoms with van der Waals surface area (Å²) < 4.78 is 33.1. The second-order valence-electron chi connectivity index (χ2n) is 6.92. The van der Waals surface area contributed by atoms with Crippen LogP contribution in [0.3, 0.4) is 0 Å². The highest BCUT2D eigenvalue weighted by Crippen LogP contribution is 2.54. The Morgan fingerprint density at radius 1 is 1.29 bits per heavy atom. The zero-order valence-electron chi connectivity index (χ0n) is 11.2. The molecule has 0 aromatic carbocycles. The van der Waals surface area contributed by atoms with Crippen LogP contribution in [0.2, 0.25) is 0 Å². The van der Waals surface area contributed by atoms with Crippen molar-refractivity contribution in [2.24, 2.45) is 16.7 Å². The summed E-state index contributed by atoms with van der Waals surface area (Å²) in [5.74, 6) is -1.90. The molecule has 3 heteroatoms. The van der Waals surface area contributed by atoms with Crippen LogP contribution in [0, 0.1) is 16.7 Å². The van der Waals surface area contributed by atoms with Crippen LogP contribution in [-0.4, -0.2) is 19.1 Å². The molecule has 2 unspecified atom stereocenters. The van der Waals surface area contributed by atoms with Gasteiger partial charge in [0.2, 0.25) is 0 Å². The van der Waals surface area contributed by atoms with E-state index in [0.29, 0.717) is 12.3 Å². The van der Waals surface area contributed by atoms with Gasteiger partial charge in [-0.05, 0) is 37.0 Å². The van der Waals surface area contributed by atoms with Gasteiger partial charge in [-0.15, -0.1) is 0 Å². The number of halogens is 2. The molecule has 0 N–H and O–H groups in total. The van der Waals surface area contributed by atoms with E-state index in [1.807, 2.05) is 0 Å². The summed E-state index contributed by atoms with van der Waals surface area (Å²) >= 11 is 0. The molecule has 2 fully saturated rings. The minimum absolute atomic E-state index is 0.0188. The third kappa shape index (κ3) is 2.35. The molecule has 1 saturated heterocycles. The molecule has 1 aliphatic carbocycles. The predicted octanol–water partition coefficient (Wildman–Crippen LogP) is 4.26.